The van der Waals surface area contributed by atoms with Crippen LogP contribution >= 0.6 is 0 Å². The molecule has 3 nitrogen and oxygen atoms in total. The number of hydrogen-bond donors (Lipinski definition) is 1. The summed E-state index contributed by atoms with van der Waals surface area (Å²) in [5, 5.41) is 15.2. The topological polar surface area (TPSA) is 38.0 Å². The van der Waals surface area contributed by atoms with Gasteiger partial charge in [0.05, 0.1) is 17.5 Å². The van der Waals surface area contributed by atoms with Crippen LogP contribution in [0.5, 0.6) is 0 Å². The van der Waals surface area contributed by atoms with E-state index in [0.717, 1.165) is 43.4 Å². The van der Waals surface area contributed by atoms with Crippen LogP contribution in [-0.2, 0) is 13.5 Å². The first-order valence-electron chi connectivity index (χ1n) is 12.2. The van der Waals surface area contributed by atoms with Crippen molar-refractivity contribution in [2.45, 2.75) is 77.7 Å². The van der Waals surface area contributed by atoms with Crippen LogP contribution < -0.4 is 0 Å². The van der Waals surface area contributed by atoms with Crippen molar-refractivity contribution in [2.24, 2.45) is 35.6 Å². The summed E-state index contributed by atoms with van der Waals surface area (Å²) in [5.41, 5.74) is 7.80. The van der Waals surface area contributed by atoms with Gasteiger partial charge in [0, 0.05) is 12.6 Å². The average Bonchev–Trinajstić information content (AvgIpc) is 3.24. The number of aliphatic hydroxyl groups excluding tert-OH is 1. The first kappa shape index (κ1) is 19.1. The Morgan fingerprint density at radius 2 is 1.90 bits per heavy atom. The van der Waals surface area contributed by atoms with Gasteiger partial charge in [-0.25, -0.2) is 0 Å². The van der Waals surface area contributed by atoms with E-state index in [-0.39, 0.29) is 11.5 Å². The predicted molar refractivity (Wildman–Crippen MR) is 122 cm³/mol. The molecule has 6 rings (SSSR count). The van der Waals surface area contributed by atoms with Crippen LogP contribution in [-0.4, -0.2) is 21.0 Å². The van der Waals surface area contributed by atoms with Crippen molar-refractivity contribution in [3.05, 3.63) is 40.8 Å². The van der Waals surface area contributed by atoms with Gasteiger partial charge < -0.3 is 5.11 Å². The zero-order valence-corrected chi connectivity index (χ0v) is 18.8. The van der Waals surface area contributed by atoms with Crippen molar-refractivity contribution in [3.63, 3.8) is 0 Å². The molecule has 0 amide bonds. The van der Waals surface area contributed by atoms with Gasteiger partial charge >= 0.3 is 0 Å². The minimum atomic E-state index is -0.112. The van der Waals surface area contributed by atoms with Crippen LogP contribution in [0.1, 0.15) is 82.2 Å². The van der Waals surface area contributed by atoms with Crippen molar-refractivity contribution >= 4 is 11.6 Å². The number of fused-ring (bicyclic) bond motifs is 6. The van der Waals surface area contributed by atoms with Crippen molar-refractivity contribution in [2.75, 3.05) is 0 Å². The molecule has 1 aromatic heterocycles. The van der Waals surface area contributed by atoms with Crippen LogP contribution in [0.2, 0.25) is 0 Å². The summed E-state index contributed by atoms with van der Waals surface area (Å²) < 4.78 is 2.18. The number of aromatic nitrogens is 2. The average molecular weight is 405 g/mol. The second-order valence-electron chi connectivity index (χ2n) is 11.2. The molecule has 1 N–H and O–H groups in total. The lowest BCUT2D eigenvalue weighted by atomic mass is 9.47. The summed E-state index contributed by atoms with van der Waals surface area (Å²) in [6.45, 7) is 5.08. The Hall–Kier alpha value is -1.61. The first-order valence-corrected chi connectivity index (χ1v) is 12.2. The molecule has 30 heavy (non-hydrogen) atoms. The standard InChI is InChI=1S/C27H36N2O/c1-26-14-12-18(30)16-17(26)8-9-19-21-10-11-23(27(21,2)15-13-22(19)26)25-20-6-4-5-7-24(20)28-29(25)3/h4,6,8,11,18-19,21-22,30H,5,7,9-10,12-16H2,1-3H3/t18-,19?,21?,22?,26-,27-/m0/s1. The lowest BCUT2D eigenvalue weighted by Crippen LogP contribution is -2.49. The molecule has 3 unspecified atom stereocenters. The second kappa shape index (κ2) is 6.45. The maximum absolute atomic E-state index is 10.3. The third-order valence-corrected chi connectivity index (χ3v) is 9.91. The Kier molecular flexibility index (Phi) is 4.11. The fourth-order valence-corrected chi connectivity index (χ4v) is 8.27. The fourth-order valence-electron chi connectivity index (χ4n) is 8.27. The normalized spacial score (nSPS) is 42.0. The van der Waals surface area contributed by atoms with E-state index in [1.807, 2.05) is 0 Å². The van der Waals surface area contributed by atoms with Gasteiger partial charge in [0.25, 0.3) is 0 Å². The number of aryl methyl sites for hydroxylation is 2. The molecule has 0 aliphatic heterocycles. The molecule has 5 aliphatic rings. The van der Waals surface area contributed by atoms with E-state index >= 15 is 0 Å². The third-order valence-electron chi connectivity index (χ3n) is 9.91. The quantitative estimate of drug-likeness (QED) is 0.610. The summed E-state index contributed by atoms with van der Waals surface area (Å²) >= 11 is 0. The largest absolute Gasteiger partial charge is 0.393 e. The van der Waals surface area contributed by atoms with E-state index < -0.39 is 0 Å². The maximum Gasteiger partial charge on any atom is 0.0716 e. The number of allylic oxidation sites excluding steroid dienone is 4. The van der Waals surface area contributed by atoms with Crippen LogP contribution in [0.4, 0.5) is 0 Å². The molecule has 0 radical (unpaired) electrons. The number of nitrogens with zero attached hydrogens (tertiary/aromatic N) is 2. The molecule has 3 heteroatoms. The van der Waals surface area contributed by atoms with Crippen molar-refractivity contribution < 1.29 is 5.11 Å². The Labute approximate surface area is 180 Å². The van der Waals surface area contributed by atoms with Crippen molar-refractivity contribution in [1.29, 1.82) is 0 Å². The van der Waals surface area contributed by atoms with E-state index in [1.54, 1.807) is 11.1 Å². The van der Waals surface area contributed by atoms with Gasteiger partial charge in [-0.05, 0) is 91.9 Å². The van der Waals surface area contributed by atoms with Gasteiger partial charge in [-0.1, -0.05) is 43.7 Å². The molecule has 6 atom stereocenters. The van der Waals surface area contributed by atoms with Gasteiger partial charge in [0.1, 0.15) is 0 Å². The van der Waals surface area contributed by atoms with Crippen LogP contribution in [0.3, 0.4) is 0 Å². The minimum Gasteiger partial charge on any atom is -0.393 e. The van der Waals surface area contributed by atoms with E-state index in [2.05, 4.69) is 49.9 Å². The highest BCUT2D eigenvalue weighted by Crippen LogP contribution is 2.66. The lowest BCUT2D eigenvalue weighted by molar-refractivity contribution is -0.0239. The molecular formula is C27H36N2O. The van der Waals surface area contributed by atoms with Crippen LogP contribution in [0.15, 0.2) is 23.8 Å². The molecule has 0 aromatic carbocycles. The van der Waals surface area contributed by atoms with Gasteiger partial charge in [-0.3, -0.25) is 4.68 Å². The molecule has 2 saturated carbocycles. The highest BCUT2D eigenvalue weighted by Gasteiger charge is 2.57. The smallest absolute Gasteiger partial charge is 0.0716 e. The summed E-state index contributed by atoms with van der Waals surface area (Å²) in [6.07, 6.45) is 20.0. The summed E-state index contributed by atoms with van der Waals surface area (Å²) in [6, 6.07) is 0. The predicted octanol–water partition coefficient (Wildman–Crippen LogP) is 5.70. The van der Waals surface area contributed by atoms with Crippen LogP contribution in [0.25, 0.3) is 11.6 Å². The van der Waals surface area contributed by atoms with Crippen molar-refractivity contribution in [1.82, 2.24) is 9.78 Å². The lowest BCUT2D eigenvalue weighted by Gasteiger charge is -2.57. The zero-order chi connectivity index (χ0) is 20.7. The number of hydrogen-bond acceptors (Lipinski definition) is 2. The number of rotatable bonds is 1. The molecule has 0 bridgehead atoms. The molecule has 160 valence electrons. The van der Waals surface area contributed by atoms with E-state index in [0.29, 0.717) is 5.41 Å². The van der Waals surface area contributed by atoms with E-state index in [4.69, 9.17) is 5.10 Å². The molecule has 1 aromatic rings. The van der Waals surface area contributed by atoms with Crippen molar-refractivity contribution in [3.8, 4) is 0 Å². The molecule has 5 aliphatic carbocycles. The second-order valence-corrected chi connectivity index (χ2v) is 11.2. The monoisotopic (exact) mass is 404 g/mol. The van der Waals surface area contributed by atoms with E-state index in [1.165, 1.54) is 49.1 Å². The minimum absolute atomic E-state index is 0.112. The Bertz CT molecular complexity index is 981. The highest BCUT2D eigenvalue weighted by molar-refractivity contribution is 5.78. The van der Waals surface area contributed by atoms with Gasteiger partial charge in [0.2, 0.25) is 0 Å². The fraction of sp³-hybridized carbons (Fsp3) is 0.667. The van der Waals surface area contributed by atoms with Gasteiger partial charge in [0.15, 0.2) is 0 Å². The Morgan fingerprint density at radius 3 is 2.77 bits per heavy atom. The van der Waals surface area contributed by atoms with Gasteiger partial charge in [-0.2, -0.15) is 5.10 Å². The van der Waals surface area contributed by atoms with Gasteiger partial charge in [-0.15, -0.1) is 0 Å². The summed E-state index contributed by atoms with van der Waals surface area (Å²) in [4.78, 5) is 0. The van der Waals surface area contributed by atoms with Crippen LogP contribution in [0, 0.1) is 28.6 Å². The number of aliphatic hydroxyl groups is 1. The maximum atomic E-state index is 10.3. The zero-order valence-electron chi connectivity index (χ0n) is 18.8. The highest BCUT2D eigenvalue weighted by atomic mass is 16.3. The molecule has 0 saturated heterocycles. The molecule has 2 fully saturated rings. The molecular weight excluding hydrogens is 368 g/mol. The Morgan fingerprint density at radius 1 is 1.07 bits per heavy atom. The Balaban J connectivity index is 1.36. The third kappa shape index (κ3) is 2.45. The molecule has 1 heterocycles. The summed E-state index contributed by atoms with van der Waals surface area (Å²) in [7, 11) is 2.15. The first-order chi connectivity index (χ1) is 14.4. The SMILES string of the molecule is Cn1nc2c(c1C1=CCC3C4CC=C5C[C@@H](O)CC[C@]5(C)C4CC[C@]13C)C=CCC2. The van der Waals surface area contributed by atoms with E-state index in [9.17, 15) is 5.11 Å². The summed E-state index contributed by atoms with van der Waals surface area (Å²) in [5.74, 6) is 2.31. The molecule has 0 spiro atoms.